The number of pyridine rings is 1. The lowest BCUT2D eigenvalue weighted by atomic mass is 10.1. The van der Waals surface area contributed by atoms with Crippen molar-refractivity contribution >= 4 is 68.1 Å². The fourth-order valence-electron chi connectivity index (χ4n) is 4.79. The molecule has 2 aromatic carbocycles. The Hall–Kier alpha value is -3.16. The number of halogens is 1. The molecule has 0 saturated heterocycles. The van der Waals surface area contributed by atoms with Crippen LogP contribution in [0.5, 0.6) is 5.75 Å². The summed E-state index contributed by atoms with van der Waals surface area (Å²) in [6, 6.07) is 12.1. The zero-order chi connectivity index (χ0) is 27.7. The summed E-state index contributed by atoms with van der Waals surface area (Å²) in [5, 5.41) is 11.8. The van der Waals surface area contributed by atoms with Crippen molar-refractivity contribution in [3.63, 3.8) is 0 Å². The molecule has 204 valence electrons. The van der Waals surface area contributed by atoms with Crippen molar-refractivity contribution in [1.29, 1.82) is 0 Å². The Morgan fingerprint density at radius 3 is 2.49 bits per heavy atom. The number of benzene rings is 2. The molecule has 1 aliphatic rings. The molecule has 2 heterocycles. The van der Waals surface area contributed by atoms with Gasteiger partial charge in [0.15, 0.2) is 0 Å². The summed E-state index contributed by atoms with van der Waals surface area (Å²) in [5.74, 6) is 2.21. The van der Waals surface area contributed by atoms with E-state index in [2.05, 4.69) is 68.9 Å². The highest BCUT2D eigenvalue weighted by Gasteiger charge is 2.27. The number of rotatable bonds is 10. The van der Waals surface area contributed by atoms with E-state index >= 15 is 0 Å². The van der Waals surface area contributed by atoms with Gasteiger partial charge in [-0.15, -0.1) is 0 Å². The van der Waals surface area contributed by atoms with Gasteiger partial charge in [-0.1, -0.05) is 13.0 Å². The summed E-state index contributed by atoms with van der Waals surface area (Å²) in [6.07, 6.45) is 4.94. The van der Waals surface area contributed by atoms with Crippen molar-refractivity contribution in [2.24, 2.45) is 0 Å². The van der Waals surface area contributed by atoms with E-state index in [0.717, 1.165) is 57.5 Å². The first-order valence-corrected chi connectivity index (χ1v) is 16.6. The third-order valence-electron chi connectivity index (χ3n) is 6.82. The van der Waals surface area contributed by atoms with Crippen LogP contribution in [0.3, 0.4) is 0 Å². The van der Waals surface area contributed by atoms with Crippen LogP contribution in [0.4, 0.5) is 28.8 Å². The molecule has 4 aromatic rings. The lowest BCUT2D eigenvalue weighted by Crippen LogP contribution is -2.13. The van der Waals surface area contributed by atoms with Crippen molar-refractivity contribution in [3.05, 3.63) is 58.3 Å². The molecule has 5 rings (SSSR count). The van der Waals surface area contributed by atoms with E-state index in [9.17, 15) is 4.57 Å². The third kappa shape index (κ3) is 5.89. The maximum atomic E-state index is 13.5. The maximum Gasteiger partial charge on any atom is 0.229 e. The summed E-state index contributed by atoms with van der Waals surface area (Å²) in [6.45, 7) is 8.59. The van der Waals surface area contributed by atoms with E-state index in [-0.39, 0.29) is 0 Å². The standard InChI is InChI=1S/C29H34BrN6O2P/c1-6-17-14-25(26(38-3)15-24(17)31-7-2)35-29-32-16-20(30)28(36-29)34-23-13-12-22-19(27(23)39(4,5)37)10-11-21(33-22)18-8-9-18/h10-16,18,31H,6-9H2,1-5H3,(H2,32,34,35,36). The molecular weight excluding hydrogens is 575 g/mol. The summed E-state index contributed by atoms with van der Waals surface area (Å²) in [5.41, 5.74) is 5.71. The molecule has 0 radical (unpaired) electrons. The smallest absolute Gasteiger partial charge is 0.229 e. The Bertz CT molecular complexity index is 1580. The van der Waals surface area contributed by atoms with Crippen LogP contribution in [0.15, 0.2) is 47.1 Å². The fraction of sp³-hybridized carbons (Fsp3) is 0.345. The van der Waals surface area contributed by atoms with Crippen molar-refractivity contribution < 1.29 is 9.30 Å². The van der Waals surface area contributed by atoms with E-state index in [0.29, 0.717) is 27.9 Å². The molecule has 1 aliphatic carbocycles. The number of anilines is 5. The Kier molecular flexibility index (Phi) is 7.83. The lowest BCUT2D eigenvalue weighted by molar-refractivity contribution is 0.417. The second-order valence-electron chi connectivity index (χ2n) is 10.1. The van der Waals surface area contributed by atoms with Gasteiger partial charge >= 0.3 is 0 Å². The topological polar surface area (TPSA) is 101 Å². The second kappa shape index (κ2) is 11.1. The fourth-order valence-corrected chi connectivity index (χ4v) is 6.56. The van der Waals surface area contributed by atoms with Gasteiger partial charge in [-0.2, -0.15) is 4.98 Å². The molecule has 3 N–H and O–H groups in total. The Labute approximate surface area is 237 Å². The number of aryl methyl sites for hydroxylation is 1. The quantitative estimate of drug-likeness (QED) is 0.160. The molecule has 0 unspecified atom stereocenters. The Balaban J connectivity index is 1.50. The second-order valence-corrected chi connectivity index (χ2v) is 14.1. The molecule has 2 aromatic heterocycles. The first-order chi connectivity index (χ1) is 18.7. The van der Waals surface area contributed by atoms with Crippen LogP contribution in [0, 0.1) is 0 Å². The van der Waals surface area contributed by atoms with Crippen LogP contribution < -0.4 is 26.0 Å². The number of hydrogen-bond acceptors (Lipinski definition) is 8. The van der Waals surface area contributed by atoms with E-state index in [1.807, 2.05) is 18.2 Å². The van der Waals surface area contributed by atoms with Gasteiger partial charge in [-0.3, -0.25) is 4.98 Å². The van der Waals surface area contributed by atoms with Crippen LogP contribution in [0.2, 0.25) is 0 Å². The molecule has 1 fully saturated rings. The predicted octanol–water partition coefficient (Wildman–Crippen LogP) is 7.40. The molecule has 0 bridgehead atoms. The highest BCUT2D eigenvalue weighted by molar-refractivity contribution is 9.10. The Morgan fingerprint density at radius 2 is 1.82 bits per heavy atom. The van der Waals surface area contributed by atoms with Crippen molar-refractivity contribution in [1.82, 2.24) is 15.0 Å². The monoisotopic (exact) mass is 608 g/mol. The van der Waals surface area contributed by atoms with E-state index < -0.39 is 7.14 Å². The Morgan fingerprint density at radius 1 is 1.03 bits per heavy atom. The first kappa shape index (κ1) is 27.4. The van der Waals surface area contributed by atoms with Gasteiger partial charge < -0.3 is 25.3 Å². The minimum atomic E-state index is -2.67. The van der Waals surface area contributed by atoms with E-state index in [4.69, 9.17) is 14.7 Å². The zero-order valence-electron chi connectivity index (χ0n) is 22.9. The normalized spacial score (nSPS) is 13.4. The largest absolute Gasteiger partial charge is 0.494 e. The number of aromatic nitrogens is 3. The van der Waals surface area contributed by atoms with Crippen LogP contribution in [-0.4, -0.2) is 41.9 Å². The van der Waals surface area contributed by atoms with Crippen molar-refractivity contribution in [2.75, 3.05) is 42.9 Å². The number of methoxy groups -OCH3 is 1. The average Bonchev–Trinajstić information content (AvgIpc) is 3.76. The minimum absolute atomic E-state index is 0.409. The summed E-state index contributed by atoms with van der Waals surface area (Å²) in [7, 11) is -1.03. The molecule has 10 heteroatoms. The maximum absolute atomic E-state index is 13.5. The molecule has 0 atom stereocenters. The predicted molar refractivity (Wildman–Crippen MR) is 166 cm³/mol. The van der Waals surface area contributed by atoms with Gasteiger partial charge in [0.25, 0.3) is 0 Å². The van der Waals surface area contributed by atoms with Crippen LogP contribution in [0.25, 0.3) is 10.9 Å². The highest BCUT2D eigenvalue weighted by Crippen LogP contribution is 2.44. The van der Waals surface area contributed by atoms with Crippen LogP contribution >= 0.6 is 23.1 Å². The number of nitrogens with one attached hydrogen (secondary N) is 3. The summed E-state index contributed by atoms with van der Waals surface area (Å²) < 4.78 is 19.9. The lowest BCUT2D eigenvalue weighted by Gasteiger charge is -2.19. The number of ether oxygens (including phenoxy) is 1. The van der Waals surface area contributed by atoms with E-state index in [1.54, 1.807) is 26.6 Å². The SMILES string of the molecule is CCNc1cc(OC)c(Nc2ncc(Br)c(Nc3ccc4nc(C5CC5)ccc4c3P(C)(C)=O)n2)cc1CC. The van der Waals surface area contributed by atoms with Gasteiger partial charge in [-0.05, 0) is 85.3 Å². The van der Waals surface area contributed by atoms with Gasteiger partial charge in [0, 0.05) is 46.8 Å². The van der Waals surface area contributed by atoms with Gasteiger partial charge in [0.2, 0.25) is 5.95 Å². The highest BCUT2D eigenvalue weighted by atomic mass is 79.9. The molecule has 0 amide bonds. The number of hydrogen-bond donors (Lipinski definition) is 3. The third-order valence-corrected chi connectivity index (χ3v) is 8.95. The van der Waals surface area contributed by atoms with Crippen LogP contribution in [-0.2, 0) is 11.0 Å². The molecular formula is C29H34BrN6O2P. The minimum Gasteiger partial charge on any atom is -0.494 e. The molecule has 0 aliphatic heterocycles. The van der Waals surface area contributed by atoms with Gasteiger partial charge in [-0.25, -0.2) is 4.98 Å². The molecule has 0 spiro atoms. The van der Waals surface area contributed by atoms with Gasteiger partial charge in [0.1, 0.15) is 18.7 Å². The first-order valence-electron chi connectivity index (χ1n) is 13.2. The summed E-state index contributed by atoms with van der Waals surface area (Å²) in [4.78, 5) is 14.1. The van der Waals surface area contributed by atoms with Crippen molar-refractivity contribution in [3.8, 4) is 5.75 Å². The molecule has 8 nitrogen and oxygen atoms in total. The molecule has 39 heavy (non-hydrogen) atoms. The number of nitrogens with zero attached hydrogens (tertiary/aromatic N) is 3. The average molecular weight is 610 g/mol. The zero-order valence-corrected chi connectivity index (χ0v) is 25.4. The van der Waals surface area contributed by atoms with Gasteiger partial charge in [0.05, 0.1) is 28.5 Å². The van der Waals surface area contributed by atoms with E-state index in [1.165, 1.54) is 12.8 Å². The van der Waals surface area contributed by atoms with Crippen LogP contribution in [0.1, 0.15) is 43.9 Å². The van der Waals surface area contributed by atoms with Crippen molar-refractivity contribution in [2.45, 2.75) is 39.0 Å². The number of fused-ring (bicyclic) bond motifs is 1. The summed E-state index contributed by atoms with van der Waals surface area (Å²) >= 11 is 3.58. The molecule has 1 saturated carbocycles.